The molecule has 0 aromatic heterocycles. The fourth-order valence-corrected chi connectivity index (χ4v) is 2.93. The van der Waals surface area contributed by atoms with E-state index < -0.39 is 0 Å². The summed E-state index contributed by atoms with van der Waals surface area (Å²) < 4.78 is 5.14. The number of methoxy groups -OCH3 is 1. The van der Waals surface area contributed by atoms with E-state index in [9.17, 15) is 9.59 Å². The van der Waals surface area contributed by atoms with Gasteiger partial charge in [-0.1, -0.05) is 42.5 Å². The van der Waals surface area contributed by atoms with Crippen molar-refractivity contribution in [3.05, 3.63) is 95.6 Å². The third-order valence-electron chi connectivity index (χ3n) is 4.50. The van der Waals surface area contributed by atoms with Crippen molar-refractivity contribution in [1.82, 2.24) is 0 Å². The number of hydrogen-bond acceptors (Lipinski definition) is 3. The maximum absolute atomic E-state index is 12.4. The molecule has 0 saturated carbocycles. The van der Waals surface area contributed by atoms with E-state index in [1.807, 2.05) is 42.5 Å². The highest BCUT2D eigenvalue weighted by molar-refractivity contribution is 6.09. The molecule has 1 N–H and O–H groups in total. The van der Waals surface area contributed by atoms with Crippen molar-refractivity contribution in [3.63, 3.8) is 0 Å². The lowest BCUT2D eigenvalue weighted by Crippen LogP contribution is -2.11. The van der Waals surface area contributed by atoms with Gasteiger partial charge in [0.05, 0.1) is 7.11 Å². The molecule has 0 radical (unpaired) electrons. The van der Waals surface area contributed by atoms with Crippen LogP contribution in [0, 0.1) is 0 Å². The van der Waals surface area contributed by atoms with Crippen LogP contribution in [0.3, 0.4) is 0 Å². The Bertz CT molecular complexity index is 916. The van der Waals surface area contributed by atoms with Gasteiger partial charge >= 0.3 is 0 Å². The summed E-state index contributed by atoms with van der Waals surface area (Å²) in [5, 5.41) is 2.88. The molecule has 4 heteroatoms. The van der Waals surface area contributed by atoms with Crippen molar-refractivity contribution < 1.29 is 14.3 Å². The standard InChI is InChI=1S/C24H23NO3/c1-28-22-16-10-18(11-17-22)6-5-9-23(26)25-21-14-12-20(13-15-21)24(27)19-7-3-2-4-8-19/h2-4,7-8,10-17H,5-6,9H2,1H3,(H,25,26). The average Bonchev–Trinajstić information content (AvgIpc) is 2.75. The number of ketones is 1. The number of benzene rings is 3. The summed E-state index contributed by atoms with van der Waals surface area (Å²) in [6, 6.07) is 24.0. The number of aryl methyl sites for hydroxylation is 1. The second kappa shape index (κ2) is 9.51. The predicted molar refractivity (Wildman–Crippen MR) is 111 cm³/mol. The fraction of sp³-hybridized carbons (Fsp3) is 0.167. The van der Waals surface area contributed by atoms with Crippen LogP contribution in [0.15, 0.2) is 78.9 Å². The highest BCUT2D eigenvalue weighted by atomic mass is 16.5. The molecule has 0 aliphatic carbocycles. The number of carbonyl (C=O) groups excluding carboxylic acids is 2. The van der Waals surface area contributed by atoms with Gasteiger partial charge in [-0.15, -0.1) is 0 Å². The second-order valence-corrected chi connectivity index (χ2v) is 6.52. The van der Waals surface area contributed by atoms with Crippen LogP contribution in [-0.4, -0.2) is 18.8 Å². The Hall–Kier alpha value is -3.40. The molecule has 0 bridgehead atoms. The van der Waals surface area contributed by atoms with Crippen LogP contribution >= 0.6 is 0 Å². The molecule has 0 spiro atoms. The van der Waals surface area contributed by atoms with E-state index >= 15 is 0 Å². The van der Waals surface area contributed by atoms with Crippen LogP contribution in [0.2, 0.25) is 0 Å². The number of carbonyl (C=O) groups is 2. The average molecular weight is 373 g/mol. The van der Waals surface area contributed by atoms with E-state index in [0.717, 1.165) is 18.6 Å². The molecule has 1 amide bonds. The number of amides is 1. The van der Waals surface area contributed by atoms with Crippen molar-refractivity contribution in [3.8, 4) is 5.75 Å². The molecule has 3 aromatic rings. The Labute approximate surface area is 165 Å². The zero-order valence-corrected chi connectivity index (χ0v) is 15.9. The second-order valence-electron chi connectivity index (χ2n) is 6.52. The maximum Gasteiger partial charge on any atom is 0.224 e. The summed E-state index contributed by atoms with van der Waals surface area (Å²) in [7, 11) is 1.64. The monoisotopic (exact) mass is 373 g/mol. The van der Waals surface area contributed by atoms with Gasteiger partial charge in [0.25, 0.3) is 0 Å². The van der Waals surface area contributed by atoms with Crippen molar-refractivity contribution in [2.75, 3.05) is 12.4 Å². The lowest BCUT2D eigenvalue weighted by atomic mass is 10.0. The largest absolute Gasteiger partial charge is 0.497 e. The Kier molecular flexibility index (Phi) is 6.58. The summed E-state index contributed by atoms with van der Waals surface area (Å²) >= 11 is 0. The first-order valence-corrected chi connectivity index (χ1v) is 9.28. The highest BCUT2D eigenvalue weighted by Crippen LogP contribution is 2.16. The van der Waals surface area contributed by atoms with Crippen LogP contribution in [-0.2, 0) is 11.2 Å². The minimum atomic E-state index is -0.0318. The quantitative estimate of drug-likeness (QED) is 0.572. The molecule has 3 aromatic carbocycles. The van der Waals surface area contributed by atoms with Crippen molar-refractivity contribution in [2.45, 2.75) is 19.3 Å². The highest BCUT2D eigenvalue weighted by Gasteiger charge is 2.09. The summed E-state index contributed by atoms with van der Waals surface area (Å²) in [6.45, 7) is 0. The zero-order chi connectivity index (χ0) is 19.8. The van der Waals surface area contributed by atoms with Gasteiger partial charge in [0.1, 0.15) is 5.75 Å². The van der Waals surface area contributed by atoms with E-state index in [4.69, 9.17) is 4.74 Å². The molecule has 0 saturated heterocycles. The molecule has 3 rings (SSSR count). The Morgan fingerprint density at radius 2 is 1.46 bits per heavy atom. The summed E-state index contributed by atoms with van der Waals surface area (Å²) in [6.07, 6.45) is 2.04. The zero-order valence-electron chi connectivity index (χ0n) is 15.9. The van der Waals surface area contributed by atoms with Gasteiger partial charge in [0.15, 0.2) is 5.78 Å². The predicted octanol–water partition coefficient (Wildman–Crippen LogP) is 4.89. The van der Waals surface area contributed by atoms with E-state index in [2.05, 4.69) is 5.32 Å². The van der Waals surface area contributed by atoms with Gasteiger partial charge in [0, 0.05) is 23.2 Å². The summed E-state index contributed by atoms with van der Waals surface area (Å²) in [5.41, 5.74) is 3.12. The topological polar surface area (TPSA) is 55.4 Å². The minimum absolute atomic E-state index is 0.0297. The molecule has 0 fully saturated rings. The van der Waals surface area contributed by atoms with E-state index in [1.165, 1.54) is 5.56 Å². The number of hydrogen-bond donors (Lipinski definition) is 1. The van der Waals surface area contributed by atoms with Gasteiger partial charge < -0.3 is 10.1 Å². The number of nitrogens with one attached hydrogen (secondary N) is 1. The molecular formula is C24H23NO3. The first-order valence-electron chi connectivity index (χ1n) is 9.28. The SMILES string of the molecule is COc1ccc(CCCC(=O)Nc2ccc(C(=O)c3ccccc3)cc2)cc1. The maximum atomic E-state index is 12.4. The van der Waals surface area contributed by atoms with Crippen molar-refractivity contribution in [2.24, 2.45) is 0 Å². The Morgan fingerprint density at radius 1 is 0.821 bits per heavy atom. The van der Waals surface area contributed by atoms with Gasteiger partial charge in [0.2, 0.25) is 5.91 Å². The third-order valence-corrected chi connectivity index (χ3v) is 4.50. The lowest BCUT2D eigenvalue weighted by Gasteiger charge is -2.07. The van der Waals surface area contributed by atoms with E-state index in [1.54, 1.807) is 43.5 Å². The van der Waals surface area contributed by atoms with Gasteiger partial charge in [-0.3, -0.25) is 9.59 Å². The summed E-state index contributed by atoms with van der Waals surface area (Å²) in [4.78, 5) is 24.5. The van der Waals surface area contributed by atoms with Crippen molar-refractivity contribution >= 4 is 17.4 Å². The minimum Gasteiger partial charge on any atom is -0.497 e. The lowest BCUT2D eigenvalue weighted by molar-refractivity contribution is -0.116. The molecule has 0 aliphatic heterocycles. The van der Waals surface area contributed by atoms with Gasteiger partial charge in [-0.05, 0) is 54.8 Å². The van der Waals surface area contributed by atoms with Crippen molar-refractivity contribution in [1.29, 1.82) is 0 Å². The molecule has 0 heterocycles. The smallest absolute Gasteiger partial charge is 0.224 e. The fourth-order valence-electron chi connectivity index (χ4n) is 2.93. The molecule has 4 nitrogen and oxygen atoms in total. The van der Waals surface area contributed by atoms with Crippen LogP contribution in [0.1, 0.15) is 34.3 Å². The van der Waals surface area contributed by atoms with Gasteiger partial charge in [-0.2, -0.15) is 0 Å². The molecule has 0 unspecified atom stereocenters. The number of anilines is 1. The molecular weight excluding hydrogens is 350 g/mol. The summed E-state index contributed by atoms with van der Waals surface area (Å²) in [5.74, 6) is 0.768. The van der Waals surface area contributed by atoms with Crippen LogP contribution < -0.4 is 10.1 Å². The van der Waals surface area contributed by atoms with Gasteiger partial charge in [-0.25, -0.2) is 0 Å². The first-order chi connectivity index (χ1) is 13.7. The first kappa shape index (κ1) is 19.4. The normalized spacial score (nSPS) is 10.3. The number of rotatable bonds is 8. The Morgan fingerprint density at radius 3 is 2.11 bits per heavy atom. The molecule has 0 atom stereocenters. The van der Waals surface area contributed by atoms with Crippen LogP contribution in [0.5, 0.6) is 5.75 Å². The number of ether oxygens (including phenoxy) is 1. The Balaban J connectivity index is 1.48. The van der Waals surface area contributed by atoms with Crippen LogP contribution in [0.4, 0.5) is 5.69 Å². The molecule has 0 aliphatic rings. The molecule has 142 valence electrons. The molecule has 28 heavy (non-hydrogen) atoms. The van der Waals surface area contributed by atoms with E-state index in [0.29, 0.717) is 23.2 Å². The van der Waals surface area contributed by atoms with Crippen LogP contribution in [0.25, 0.3) is 0 Å². The third kappa shape index (κ3) is 5.30. The van der Waals surface area contributed by atoms with E-state index in [-0.39, 0.29) is 11.7 Å².